The number of rotatable bonds is 6. The van der Waals surface area contributed by atoms with E-state index in [1.807, 2.05) is 55.5 Å². The van der Waals surface area contributed by atoms with Crippen molar-refractivity contribution in [3.05, 3.63) is 65.2 Å². The van der Waals surface area contributed by atoms with Crippen LogP contribution in [0.3, 0.4) is 0 Å². The molecule has 2 rings (SSSR count). The van der Waals surface area contributed by atoms with Crippen LogP contribution in [0.1, 0.15) is 36.5 Å². The molecule has 0 aliphatic rings. The van der Waals surface area contributed by atoms with Gasteiger partial charge in [-0.05, 0) is 47.8 Å². The van der Waals surface area contributed by atoms with Crippen LogP contribution in [-0.4, -0.2) is 23.5 Å². The summed E-state index contributed by atoms with van der Waals surface area (Å²) < 4.78 is 5.65. The molecule has 0 radical (unpaired) electrons. The van der Waals surface area contributed by atoms with Crippen LogP contribution < -0.4 is 20.9 Å². The molecule has 2 aromatic carbocycles. The van der Waals surface area contributed by atoms with Gasteiger partial charge in [0.1, 0.15) is 5.75 Å². The van der Waals surface area contributed by atoms with Crippen molar-refractivity contribution in [1.82, 2.24) is 16.2 Å². The maximum absolute atomic E-state index is 12.0. The third-order valence-electron chi connectivity index (χ3n) is 3.93. The number of ether oxygens (including phenoxy) is 1. The van der Waals surface area contributed by atoms with Crippen LogP contribution >= 0.6 is 12.2 Å². The molecular weight excluding hydrogens is 374 g/mol. The fourth-order valence-corrected chi connectivity index (χ4v) is 2.70. The van der Waals surface area contributed by atoms with Crippen molar-refractivity contribution in [2.75, 3.05) is 6.61 Å². The Balaban J connectivity index is 1.76. The quantitative estimate of drug-likeness (QED) is 0.514. The summed E-state index contributed by atoms with van der Waals surface area (Å²) in [6, 6.07) is 15.2. The Morgan fingerprint density at radius 3 is 2.43 bits per heavy atom. The summed E-state index contributed by atoms with van der Waals surface area (Å²) in [7, 11) is 0. The number of carbonyl (C=O) groups is 2. The van der Waals surface area contributed by atoms with Gasteiger partial charge >= 0.3 is 0 Å². The lowest BCUT2D eigenvalue weighted by molar-refractivity contribution is -0.124. The zero-order valence-corrected chi connectivity index (χ0v) is 17.1. The number of nitrogens with one attached hydrogen (secondary N) is 3. The van der Waals surface area contributed by atoms with E-state index in [4.69, 9.17) is 17.0 Å². The van der Waals surface area contributed by atoms with E-state index in [0.717, 1.165) is 16.7 Å². The van der Waals surface area contributed by atoms with Crippen LogP contribution in [-0.2, 0) is 16.0 Å². The fraction of sp³-hybridized carbons (Fsp3) is 0.286. The van der Waals surface area contributed by atoms with Crippen LogP contribution in [0.15, 0.2) is 48.5 Å². The molecule has 148 valence electrons. The number of benzene rings is 2. The molecule has 0 saturated carbocycles. The van der Waals surface area contributed by atoms with Crippen molar-refractivity contribution >= 4 is 29.1 Å². The average molecular weight is 400 g/mol. The van der Waals surface area contributed by atoms with Gasteiger partial charge in [-0.15, -0.1) is 0 Å². The lowest BCUT2D eigenvalue weighted by Crippen LogP contribution is -2.50. The van der Waals surface area contributed by atoms with Gasteiger partial charge in [-0.25, -0.2) is 0 Å². The first-order valence-corrected chi connectivity index (χ1v) is 9.42. The van der Waals surface area contributed by atoms with E-state index in [1.165, 1.54) is 0 Å². The second kappa shape index (κ2) is 10.4. The third-order valence-corrected chi connectivity index (χ3v) is 4.13. The normalized spacial score (nSPS) is 10.3. The van der Waals surface area contributed by atoms with Gasteiger partial charge in [0.2, 0.25) is 5.91 Å². The monoisotopic (exact) mass is 399 g/mol. The SMILES string of the molecule is Cc1ccc(C(C)C)c(OCC(=O)NNC(=S)NC(=O)Cc2ccccc2)c1. The Labute approximate surface area is 170 Å². The van der Waals surface area contributed by atoms with E-state index in [1.54, 1.807) is 0 Å². The standard InChI is InChI=1S/C21H25N3O3S/c1-14(2)17-10-9-15(3)11-18(17)27-13-20(26)23-24-21(28)22-19(25)12-16-7-5-4-6-8-16/h4-11,14H,12-13H2,1-3H3,(H,23,26)(H2,22,24,25,28). The van der Waals surface area contributed by atoms with Crippen molar-refractivity contribution in [3.63, 3.8) is 0 Å². The van der Waals surface area contributed by atoms with Gasteiger partial charge in [-0.1, -0.05) is 56.3 Å². The van der Waals surface area contributed by atoms with E-state index in [0.29, 0.717) is 5.75 Å². The Morgan fingerprint density at radius 1 is 1.04 bits per heavy atom. The van der Waals surface area contributed by atoms with E-state index >= 15 is 0 Å². The van der Waals surface area contributed by atoms with Crippen LogP contribution in [0, 0.1) is 6.92 Å². The number of hydrogen-bond donors (Lipinski definition) is 3. The zero-order chi connectivity index (χ0) is 20.5. The second-order valence-electron chi connectivity index (χ2n) is 6.70. The van der Waals surface area contributed by atoms with Crippen LogP contribution in [0.5, 0.6) is 5.75 Å². The summed E-state index contributed by atoms with van der Waals surface area (Å²) in [6.07, 6.45) is 0.199. The number of hydrogen-bond acceptors (Lipinski definition) is 4. The lowest BCUT2D eigenvalue weighted by atomic mass is 10.0. The van der Waals surface area contributed by atoms with Gasteiger partial charge in [0.05, 0.1) is 6.42 Å². The highest BCUT2D eigenvalue weighted by Crippen LogP contribution is 2.27. The summed E-state index contributed by atoms with van der Waals surface area (Å²) in [4.78, 5) is 23.9. The summed E-state index contributed by atoms with van der Waals surface area (Å²) in [5, 5.41) is 2.54. The Morgan fingerprint density at radius 2 is 1.75 bits per heavy atom. The van der Waals surface area contributed by atoms with Crippen molar-refractivity contribution in [2.45, 2.75) is 33.1 Å². The van der Waals surface area contributed by atoms with Gasteiger partial charge in [-0.3, -0.25) is 20.4 Å². The highest BCUT2D eigenvalue weighted by Gasteiger charge is 2.11. The predicted octanol–water partition coefficient (Wildman–Crippen LogP) is 2.76. The summed E-state index contributed by atoms with van der Waals surface area (Å²) in [5.41, 5.74) is 7.89. The Hall–Kier alpha value is -2.93. The van der Waals surface area contributed by atoms with Gasteiger partial charge < -0.3 is 10.1 Å². The molecule has 0 fully saturated rings. The topological polar surface area (TPSA) is 79.5 Å². The molecule has 0 saturated heterocycles. The lowest BCUT2D eigenvalue weighted by Gasteiger charge is -2.15. The van der Waals surface area contributed by atoms with Gasteiger partial charge in [-0.2, -0.15) is 0 Å². The highest BCUT2D eigenvalue weighted by molar-refractivity contribution is 7.80. The molecular formula is C21H25N3O3S. The van der Waals surface area contributed by atoms with E-state index in [9.17, 15) is 9.59 Å². The molecule has 0 aliphatic carbocycles. The molecule has 0 spiro atoms. The molecule has 3 N–H and O–H groups in total. The van der Waals surface area contributed by atoms with Crippen molar-refractivity contribution in [3.8, 4) is 5.75 Å². The molecule has 7 heteroatoms. The van der Waals surface area contributed by atoms with E-state index < -0.39 is 5.91 Å². The number of thiocarbonyl (C=S) groups is 1. The summed E-state index contributed by atoms with van der Waals surface area (Å²) in [6.45, 7) is 5.93. The molecule has 0 aliphatic heterocycles. The van der Waals surface area contributed by atoms with Gasteiger partial charge in [0.25, 0.3) is 5.91 Å². The Kier molecular flexibility index (Phi) is 7.95. The predicted molar refractivity (Wildman–Crippen MR) is 113 cm³/mol. The molecule has 0 heterocycles. The van der Waals surface area contributed by atoms with Gasteiger partial charge in [0, 0.05) is 0 Å². The molecule has 0 atom stereocenters. The highest BCUT2D eigenvalue weighted by atomic mass is 32.1. The fourth-order valence-electron chi connectivity index (χ4n) is 2.53. The van der Waals surface area contributed by atoms with Crippen LogP contribution in [0.2, 0.25) is 0 Å². The molecule has 6 nitrogen and oxygen atoms in total. The minimum atomic E-state index is -0.407. The number of carbonyl (C=O) groups excluding carboxylic acids is 2. The Bertz CT molecular complexity index is 838. The molecule has 0 unspecified atom stereocenters. The molecule has 0 aromatic heterocycles. The van der Waals surface area contributed by atoms with Crippen molar-refractivity contribution in [2.24, 2.45) is 0 Å². The summed E-state index contributed by atoms with van der Waals surface area (Å²) >= 11 is 5.02. The smallest absolute Gasteiger partial charge is 0.276 e. The first-order valence-electron chi connectivity index (χ1n) is 9.01. The van der Waals surface area contributed by atoms with Crippen molar-refractivity contribution in [1.29, 1.82) is 0 Å². The molecule has 2 aromatic rings. The maximum atomic E-state index is 12.0. The number of amides is 2. The minimum absolute atomic E-state index is 0.0210. The molecule has 28 heavy (non-hydrogen) atoms. The number of hydrazine groups is 1. The summed E-state index contributed by atoms with van der Waals surface area (Å²) in [5.74, 6) is 0.291. The maximum Gasteiger partial charge on any atom is 0.276 e. The molecule has 2 amide bonds. The van der Waals surface area contributed by atoms with E-state index in [2.05, 4.69) is 30.0 Å². The van der Waals surface area contributed by atoms with Gasteiger partial charge in [0.15, 0.2) is 11.7 Å². The van der Waals surface area contributed by atoms with Crippen LogP contribution in [0.4, 0.5) is 0 Å². The van der Waals surface area contributed by atoms with Crippen molar-refractivity contribution < 1.29 is 14.3 Å². The minimum Gasteiger partial charge on any atom is -0.483 e. The first kappa shape index (κ1) is 21.4. The average Bonchev–Trinajstić information content (AvgIpc) is 2.65. The first-order chi connectivity index (χ1) is 13.3. The largest absolute Gasteiger partial charge is 0.483 e. The second-order valence-corrected chi connectivity index (χ2v) is 7.11. The van der Waals surface area contributed by atoms with Crippen LogP contribution in [0.25, 0.3) is 0 Å². The zero-order valence-electron chi connectivity index (χ0n) is 16.2. The third kappa shape index (κ3) is 7.00. The number of aryl methyl sites for hydroxylation is 1. The van der Waals surface area contributed by atoms with E-state index in [-0.39, 0.29) is 30.0 Å². The molecule has 0 bridgehead atoms.